The molecule has 0 unspecified atom stereocenters. The number of rotatable bonds is 1. The van der Waals surface area contributed by atoms with Gasteiger partial charge in [0.25, 0.3) is 5.91 Å². The van der Waals surface area contributed by atoms with Crippen LogP contribution < -0.4 is 0 Å². The Hall–Kier alpha value is -1.84. The molecule has 1 aliphatic carbocycles. The molecular weight excluding hydrogens is 262 g/mol. The second-order valence-electron chi connectivity index (χ2n) is 6.72. The zero-order valence-electron chi connectivity index (χ0n) is 12.7. The largest absolute Gasteiger partial charge is 0.331 e. The molecule has 0 N–H and O–H groups in total. The lowest BCUT2D eigenvalue weighted by atomic mass is 9.66. The van der Waals surface area contributed by atoms with E-state index in [1.54, 1.807) is 6.20 Å². The van der Waals surface area contributed by atoms with E-state index in [1.165, 1.54) is 19.3 Å². The van der Waals surface area contributed by atoms with E-state index in [-0.39, 0.29) is 11.4 Å². The standard InChI is InChI=1S/C17H21N3O/c1-12-6-5-8-15-18-10-14(20(12)15)16(21)19-11-13-7-3-4-9-17(13,19)2/h5-6,8,10,13H,3-4,7,9,11H2,1-2H3/t13-,17-/m0/s1. The van der Waals surface area contributed by atoms with Crippen LogP contribution in [0.4, 0.5) is 0 Å². The van der Waals surface area contributed by atoms with Crippen LogP contribution in [0, 0.1) is 12.8 Å². The molecule has 0 bridgehead atoms. The van der Waals surface area contributed by atoms with Crippen molar-refractivity contribution in [2.24, 2.45) is 5.92 Å². The van der Waals surface area contributed by atoms with E-state index in [0.717, 1.165) is 24.3 Å². The van der Waals surface area contributed by atoms with Gasteiger partial charge in [-0.1, -0.05) is 18.9 Å². The maximum Gasteiger partial charge on any atom is 0.272 e. The van der Waals surface area contributed by atoms with Gasteiger partial charge in [0.15, 0.2) is 0 Å². The van der Waals surface area contributed by atoms with Crippen LogP contribution in [-0.4, -0.2) is 32.3 Å². The predicted octanol–water partition coefficient (Wildman–Crippen LogP) is 3.05. The summed E-state index contributed by atoms with van der Waals surface area (Å²) in [5.74, 6) is 0.827. The van der Waals surface area contributed by atoms with Crippen molar-refractivity contribution in [3.8, 4) is 0 Å². The van der Waals surface area contributed by atoms with Crippen molar-refractivity contribution < 1.29 is 4.79 Å². The zero-order valence-corrected chi connectivity index (χ0v) is 12.7. The van der Waals surface area contributed by atoms with Crippen molar-refractivity contribution in [3.63, 3.8) is 0 Å². The molecule has 21 heavy (non-hydrogen) atoms. The average molecular weight is 283 g/mol. The average Bonchev–Trinajstić information content (AvgIpc) is 2.89. The fourth-order valence-electron chi connectivity index (χ4n) is 4.15. The highest BCUT2D eigenvalue weighted by Crippen LogP contribution is 2.47. The highest BCUT2D eigenvalue weighted by atomic mass is 16.2. The summed E-state index contributed by atoms with van der Waals surface area (Å²) in [4.78, 5) is 19.4. The number of aromatic nitrogens is 2. The second kappa shape index (κ2) is 4.33. The fourth-order valence-corrected chi connectivity index (χ4v) is 4.15. The van der Waals surface area contributed by atoms with Crippen molar-refractivity contribution in [2.45, 2.75) is 45.1 Å². The number of imidazole rings is 1. The SMILES string of the molecule is Cc1cccc2ncc(C(=O)N3C[C@@H]4CCCC[C@@]43C)n12. The van der Waals surface area contributed by atoms with E-state index in [1.807, 2.05) is 29.5 Å². The molecule has 2 aliphatic rings. The summed E-state index contributed by atoms with van der Waals surface area (Å²) < 4.78 is 1.97. The van der Waals surface area contributed by atoms with E-state index < -0.39 is 0 Å². The molecule has 4 rings (SSSR count). The molecule has 1 aliphatic heterocycles. The maximum atomic E-state index is 13.0. The summed E-state index contributed by atoms with van der Waals surface area (Å²) in [5, 5.41) is 0. The molecule has 3 heterocycles. The van der Waals surface area contributed by atoms with Gasteiger partial charge >= 0.3 is 0 Å². The third-order valence-corrected chi connectivity index (χ3v) is 5.57. The summed E-state index contributed by atoms with van der Waals surface area (Å²) in [7, 11) is 0. The Morgan fingerprint density at radius 3 is 3.05 bits per heavy atom. The first-order chi connectivity index (χ1) is 10.1. The van der Waals surface area contributed by atoms with Gasteiger partial charge in [-0.3, -0.25) is 9.20 Å². The Morgan fingerprint density at radius 2 is 2.24 bits per heavy atom. The normalized spacial score (nSPS) is 28.3. The van der Waals surface area contributed by atoms with Gasteiger partial charge in [0.2, 0.25) is 0 Å². The van der Waals surface area contributed by atoms with Crippen molar-refractivity contribution in [2.75, 3.05) is 6.54 Å². The summed E-state index contributed by atoms with van der Waals surface area (Å²) in [6.07, 6.45) is 6.69. The van der Waals surface area contributed by atoms with Crippen LogP contribution in [0.15, 0.2) is 24.4 Å². The first kappa shape index (κ1) is 12.9. The van der Waals surface area contributed by atoms with Crippen molar-refractivity contribution in [3.05, 3.63) is 35.8 Å². The van der Waals surface area contributed by atoms with E-state index >= 15 is 0 Å². The number of pyridine rings is 1. The number of nitrogens with zero attached hydrogens (tertiary/aromatic N) is 3. The van der Waals surface area contributed by atoms with Gasteiger partial charge in [0.1, 0.15) is 11.3 Å². The minimum Gasteiger partial charge on any atom is -0.331 e. The molecule has 4 nitrogen and oxygen atoms in total. The molecule has 4 heteroatoms. The highest BCUT2D eigenvalue weighted by Gasteiger charge is 2.53. The Balaban J connectivity index is 1.72. The van der Waals surface area contributed by atoms with Crippen LogP contribution >= 0.6 is 0 Å². The molecule has 110 valence electrons. The van der Waals surface area contributed by atoms with Crippen LogP contribution in [0.2, 0.25) is 0 Å². The van der Waals surface area contributed by atoms with Gasteiger partial charge in [-0.2, -0.15) is 0 Å². The summed E-state index contributed by atoms with van der Waals surface area (Å²) in [6, 6.07) is 5.95. The van der Waals surface area contributed by atoms with E-state index in [9.17, 15) is 4.79 Å². The maximum absolute atomic E-state index is 13.0. The van der Waals surface area contributed by atoms with Crippen LogP contribution in [0.25, 0.3) is 5.65 Å². The molecule has 1 saturated carbocycles. The number of fused-ring (bicyclic) bond motifs is 2. The lowest BCUT2D eigenvalue weighted by molar-refractivity contribution is -0.0696. The third kappa shape index (κ3) is 1.68. The second-order valence-corrected chi connectivity index (χ2v) is 6.72. The Morgan fingerprint density at radius 1 is 1.38 bits per heavy atom. The fraction of sp³-hybridized carbons (Fsp3) is 0.529. The van der Waals surface area contributed by atoms with Gasteiger partial charge in [-0.15, -0.1) is 0 Å². The Bertz CT molecular complexity index is 720. The van der Waals surface area contributed by atoms with Gasteiger partial charge in [-0.05, 0) is 44.7 Å². The van der Waals surface area contributed by atoms with E-state index in [4.69, 9.17) is 0 Å². The number of carbonyl (C=O) groups is 1. The van der Waals surface area contributed by atoms with E-state index in [0.29, 0.717) is 11.6 Å². The van der Waals surface area contributed by atoms with Gasteiger partial charge in [0, 0.05) is 17.8 Å². The summed E-state index contributed by atoms with van der Waals surface area (Å²) in [5.41, 5.74) is 2.68. The minimum atomic E-state index is 0.0716. The highest BCUT2D eigenvalue weighted by molar-refractivity contribution is 5.94. The third-order valence-electron chi connectivity index (χ3n) is 5.57. The van der Waals surface area contributed by atoms with Crippen molar-refractivity contribution >= 4 is 11.6 Å². The van der Waals surface area contributed by atoms with Crippen molar-refractivity contribution in [1.82, 2.24) is 14.3 Å². The molecule has 1 amide bonds. The summed E-state index contributed by atoms with van der Waals surface area (Å²) in [6.45, 7) is 5.19. The number of aryl methyl sites for hydroxylation is 1. The van der Waals surface area contributed by atoms with Gasteiger partial charge in [-0.25, -0.2) is 4.98 Å². The molecular formula is C17H21N3O. The quantitative estimate of drug-likeness (QED) is 0.806. The Kier molecular flexibility index (Phi) is 2.65. The number of carbonyl (C=O) groups excluding carboxylic acids is 1. The zero-order chi connectivity index (χ0) is 14.6. The molecule has 2 aromatic heterocycles. The number of amides is 1. The van der Waals surface area contributed by atoms with Crippen LogP contribution in [0.5, 0.6) is 0 Å². The monoisotopic (exact) mass is 283 g/mol. The lowest BCUT2D eigenvalue weighted by Crippen LogP contribution is -2.68. The molecule has 0 aromatic carbocycles. The van der Waals surface area contributed by atoms with Crippen LogP contribution in [-0.2, 0) is 0 Å². The molecule has 2 fully saturated rings. The summed E-state index contributed by atoms with van der Waals surface area (Å²) >= 11 is 0. The van der Waals surface area contributed by atoms with Gasteiger partial charge in [0.05, 0.1) is 6.20 Å². The lowest BCUT2D eigenvalue weighted by Gasteiger charge is -2.59. The molecule has 2 atom stereocenters. The molecule has 1 saturated heterocycles. The van der Waals surface area contributed by atoms with Gasteiger partial charge < -0.3 is 4.90 Å². The van der Waals surface area contributed by atoms with Crippen LogP contribution in [0.3, 0.4) is 0 Å². The molecule has 0 radical (unpaired) electrons. The van der Waals surface area contributed by atoms with Crippen molar-refractivity contribution in [1.29, 1.82) is 0 Å². The number of hydrogen-bond donors (Lipinski definition) is 0. The molecule has 2 aromatic rings. The first-order valence-electron chi connectivity index (χ1n) is 7.86. The van der Waals surface area contributed by atoms with Crippen LogP contribution in [0.1, 0.15) is 48.8 Å². The predicted molar refractivity (Wildman–Crippen MR) is 81.3 cm³/mol. The first-order valence-corrected chi connectivity index (χ1v) is 7.86. The topological polar surface area (TPSA) is 37.6 Å². The minimum absolute atomic E-state index is 0.0716. The van der Waals surface area contributed by atoms with E-state index in [2.05, 4.69) is 16.8 Å². The number of likely N-dealkylation sites (tertiary alicyclic amines) is 1. The number of hydrogen-bond acceptors (Lipinski definition) is 2. The molecule has 0 spiro atoms. The smallest absolute Gasteiger partial charge is 0.272 e. The Labute approximate surface area is 124 Å².